The highest BCUT2D eigenvalue weighted by Crippen LogP contribution is 2.25. The van der Waals surface area contributed by atoms with Crippen molar-refractivity contribution in [2.24, 2.45) is 0 Å². The van der Waals surface area contributed by atoms with Gasteiger partial charge in [0, 0.05) is 0 Å². The summed E-state index contributed by atoms with van der Waals surface area (Å²) in [6.45, 7) is 0. The van der Waals surface area contributed by atoms with Gasteiger partial charge in [-0.2, -0.15) is 5.26 Å². The number of hydrogen-bond donors (Lipinski definition) is 1. The topological polar surface area (TPSA) is 53.2 Å². The molecule has 1 aromatic carbocycles. The normalized spacial score (nSPS) is 24.8. The third-order valence-electron chi connectivity index (χ3n) is 2.95. The predicted octanol–water partition coefficient (Wildman–Crippen LogP) is 2.24. The van der Waals surface area contributed by atoms with Gasteiger partial charge in [-0.1, -0.05) is 18.6 Å². The summed E-state index contributed by atoms with van der Waals surface area (Å²) in [4.78, 5) is 0. The average molecular weight is 217 g/mol. The maximum atomic E-state index is 9.79. The average Bonchev–Trinajstić information content (AvgIpc) is 2.33. The van der Waals surface area contributed by atoms with E-state index in [1.807, 2.05) is 12.1 Å². The third-order valence-corrected chi connectivity index (χ3v) is 2.95. The second kappa shape index (κ2) is 5.00. The number of benzene rings is 1. The number of aliphatic hydroxyl groups is 1. The first-order valence-corrected chi connectivity index (χ1v) is 5.65. The van der Waals surface area contributed by atoms with Gasteiger partial charge in [-0.3, -0.25) is 0 Å². The molecule has 0 radical (unpaired) electrons. The van der Waals surface area contributed by atoms with Crippen molar-refractivity contribution in [3.05, 3.63) is 29.8 Å². The fraction of sp³-hybridized carbons (Fsp3) is 0.462. The molecule has 2 rings (SSSR count). The van der Waals surface area contributed by atoms with Gasteiger partial charge in [0.05, 0.1) is 11.7 Å². The van der Waals surface area contributed by atoms with Crippen molar-refractivity contribution in [1.29, 1.82) is 5.26 Å². The Morgan fingerprint density at radius 2 is 2.00 bits per heavy atom. The Morgan fingerprint density at radius 3 is 2.75 bits per heavy atom. The Kier molecular flexibility index (Phi) is 3.43. The van der Waals surface area contributed by atoms with Gasteiger partial charge in [-0.15, -0.1) is 0 Å². The fourth-order valence-corrected chi connectivity index (χ4v) is 2.04. The monoisotopic (exact) mass is 217 g/mol. The largest absolute Gasteiger partial charge is 0.486 e. The van der Waals surface area contributed by atoms with Gasteiger partial charge in [0.15, 0.2) is 0 Å². The van der Waals surface area contributed by atoms with E-state index in [2.05, 4.69) is 6.07 Å². The van der Waals surface area contributed by atoms with Crippen molar-refractivity contribution in [3.63, 3.8) is 0 Å². The molecule has 0 aliphatic heterocycles. The zero-order valence-corrected chi connectivity index (χ0v) is 9.10. The molecule has 1 fully saturated rings. The zero-order chi connectivity index (χ0) is 11.4. The van der Waals surface area contributed by atoms with E-state index < -0.39 is 6.10 Å². The SMILES string of the molecule is N#Cc1ccccc1O[C@@H]1CCCC[C@H]1O. The number of hydrogen-bond acceptors (Lipinski definition) is 3. The molecule has 0 unspecified atom stereocenters. The van der Waals surface area contributed by atoms with Crippen LogP contribution in [-0.4, -0.2) is 17.3 Å². The van der Waals surface area contributed by atoms with Crippen LogP contribution in [0.4, 0.5) is 0 Å². The van der Waals surface area contributed by atoms with Crippen LogP contribution >= 0.6 is 0 Å². The molecule has 0 spiro atoms. The Labute approximate surface area is 95.3 Å². The van der Waals surface area contributed by atoms with E-state index in [9.17, 15) is 5.11 Å². The summed E-state index contributed by atoms with van der Waals surface area (Å²) >= 11 is 0. The summed E-state index contributed by atoms with van der Waals surface area (Å²) in [5, 5.41) is 18.7. The maximum absolute atomic E-state index is 9.79. The van der Waals surface area contributed by atoms with Crippen LogP contribution in [0.1, 0.15) is 31.2 Å². The lowest BCUT2D eigenvalue weighted by atomic mass is 9.95. The molecule has 2 atom stereocenters. The Balaban J connectivity index is 2.11. The van der Waals surface area contributed by atoms with Gasteiger partial charge < -0.3 is 9.84 Å². The predicted molar refractivity (Wildman–Crippen MR) is 60.0 cm³/mol. The highest BCUT2D eigenvalue weighted by molar-refractivity contribution is 5.42. The molecule has 0 bridgehead atoms. The quantitative estimate of drug-likeness (QED) is 0.826. The lowest BCUT2D eigenvalue weighted by Crippen LogP contribution is -2.34. The van der Waals surface area contributed by atoms with Crippen molar-refractivity contribution in [2.45, 2.75) is 37.9 Å². The van der Waals surface area contributed by atoms with Gasteiger partial charge in [-0.25, -0.2) is 0 Å². The lowest BCUT2D eigenvalue weighted by Gasteiger charge is -2.28. The molecule has 0 amide bonds. The molecule has 1 aliphatic carbocycles. The van der Waals surface area contributed by atoms with Crippen LogP contribution in [0.25, 0.3) is 0 Å². The first kappa shape index (κ1) is 11.0. The number of para-hydroxylation sites is 1. The number of ether oxygens (including phenoxy) is 1. The molecule has 84 valence electrons. The molecule has 16 heavy (non-hydrogen) atoms. The van der Waals surface area contributed by atoms with Crippen molar-refractivity contribution >= 4 is 0 Å². The Morgan fingerprint density at radius 1 is 1.25 bits per heavy atom. The van der Waals surface area contributed by atoms with E-state index in [1.165, 1.54) is 0 Å². The summed E-state index contributed by atoms with van der Waals surface area (Å²) in [7, 11) is 0. The minimum atomic E-state index is -0.402. The summed E-state index contributed by atoms with van der Waals surface area (Å²) in [6.07, 6.45) is 3.22. The lowest BCUT2D eigenvalue weighted by molar-refractivity contribution is 0.00673. The fourth-order valence-electron chi connectivity index (χ4n) is 2.04. The van der Waals surface area contributed by atoms with Gasteiger partial charge >= 0.3 is 0 Å². The third kappa shape index (κ3) is 2.34. The summed E-state index contributed by atoms with van der Waals surface area (Å²) in [5.41, 5.74) is 0.528. The number of aliphatic hydroxyl groups excluding tert-OH is 1. The molecular formula is C13H15NO2. The molecule has 0 saturated heterocycles. The van der Waals surface area contributed by atoms with E-state index in [-0.39, 0.29) is 6.10 Å². The number of nitrogens with zero attached hydrogens (tertiary/aromatic N) is 1. The minimum absolute atomic E-state index is 0.164. The van der Waals surface area contributed by atoms with Gasteiger partial charge in [0.1, 0.15) is 17.9 Å². The van der Waals surface area contributed by atoms with Gasteiger partial charge in [-0.05, 0) is 31.4 Å². The first-order chi connectivity index (χ1) is 7.81. The van der Waals surface area contributed by atoms with E-state index in [0.717, 1.165) is 25.7 Å². The van der Waals surface area contributed by atoms with Crippen LogP contribution in [0.3, 0.4) is 0 Å². The molecule has 1 aromatic rings. The van der Waals surface area contributed by atoms with Crippen molar-refractivity contribution in [3.8, 4) is 11.8 Å². The number of rotatable bonds is 2. The van der Waals surface area contributed by atoms with Crippen LogP contribution in [0.2, 0.25) is 0 Å². The van der Waals surface area contributed by atoms with Crippen LogP contribution in [0, 0.1) is 11.3 Å². The first-order valence-electron chi connectivity index (χ1n) is 5.65. The highest BCUT2D eigenvalue weighted by atomic mass is 16.5. The summed E-state index contributed by atoms with van der Waals surface area (Å²) in [6, 6.07) is 9.24. The Hall–Kier alpha value is -1.53. The molecular weight excluding hydrogens is 202 g/mol. The second-order valence-electron chi connectivity index (χ2n) is 4.12. The Bertz CT molecular complexity index is 397. The summed E-state index contributed by atoms with van der Waals surface area (Å²) in [5.74, 6) is 0.580. The minimum Gasteiger partial charge on any atom is -0.486 e. The molecule has 1 saturated carbocycles. The van der Waals surface area contributed by atoms with E-state index in [4.69, 9.17) is 10.00 Å². The molecule has 1 N–H and O–H groups in total. The van der Waals surface area contributed by atoms with Gasteiger partial charge in [0.2, 0.25) is 0 Å². The van der Waals surface area contributed by atoms with Gasteiger partial charge in [0.25, 0.3) is 0 Å². The van der Waals surface area contributed by atoms with E-state index in [0.29, 0.717) is 11.3 Å². The van der Waals surface area contributed by atoms with Crippen LogP contribution in [0.5, 0.6) is 5.75 Å². The van der Waals surface area contributed by atoms with Crippen molar-refractivity contribution in [2.75, 3.05) is 0 Å². The molecule has 3 nitrogen and oxygen atoms in total. The molecule has 3 heteroatoms. The second-order valence-corrected chi connectivity index (χ2v) is 4.12. The van der Waals surface area contributed by atoms with Crippen molar-refractivity contribution in [1.82, 2.24) is 0 Å². The van der Waals surface area contributed by atoms with Crippen LogP contribution in [0.15, 0.2) is 24.3 Å². The molecule has 0 heterocycles. The maximum Gasteiger partial charge on any atom is 0.137 e. The molecule has 0 aromatic heterocycles. The van der Waals surface area contributed by atoms with E-state index in [1.54, 1.807) is 12.1 Å². The molecule has 1 aliphatic rings. The number of nitriles is 1. The smallest absolute Gasteiger partial charge is 0.137 e. The standard InChI is InChI=1S/C13H15NO2/c14-9-10-5-1-3-7-12(10)16-13-8-4-2-6-11(13)15/h1,3,5,7,11,13,15H,2,4,6,8H2/t11-,13-/m1/s1. The highest BCUT2D eigenvalue weighted by Gasteiger charge is 2.25. The summed E-state index contributed by atoms with van der Waals surface area (Å²) < 4.78 is 5.72. The van der Waals surface area contributed by atoms with Crippen molar-refractivity contribution < 1.29 is 9.84 Å². The van der Waals surface area contributed by atoms with Crippen LogP contribution < -0.4 is 4.74 Å². The van der Waals surface area contributed by atoms with Crippen LogP contribution in [-0.2, 0) is 0 Å². The zero-order valence-electron chi connectivity index (χ0n) is 9.10. The van der Waals surface area contributed by atoms with E-state index >= 15 is 0 Å².